The Balaban J connectivity index is 2.63. The van der Waals surface area contributed by atoms with E-state index in [9.17, 15) is 0 Å². The van der Waals surface area contributed by atoms with Crippen molar-refractivity contribution >= 4 is 11.4 Å². The first kappa shape index (κ1) is 11.3. The molecule has 0 saturated carbocycles. The molecule has 0 unspecified atom stereocenters. The minimum atomic E-state index is 0.218. The van der Waals surface area contributed by atoms with E-state index in [2.05, 4.69) is 20.8 Å². The van der Waals surface area contributed by atoms with Crippen LogP contribution in [-0.4, -0.2) is 0 Å². The van der Waals surface area contributed by atoms with Crippen LogP contribution in [-0.2, 0) is 18.3 Å². The lowest BCUT2D eigenvalue weighted by Gasteiger charge is -2.22. The highest BCUT2D eigenvalue weighted by atomic mass is 14.6. The summed E-state index contributed by atoms with van der Waals surface area (Å²) in [6, 6.07) is 1.96. The van der Waals surface area contributed by atoms with E-state index in [1.165, 1.54) is 23.1 Å². The van der Waals surface area contributed by atoms with Crippen molar-refractivity contribution < 1.29 is 0 Å². The topological polar surface area (TPSA) is 52.0 Å². The van der Waals surface area contributed by atoms with Crippen molar-refractivity contribution in [3.05, 3.63) is 22.8 Å². The van der Waals surface area contributed by atoms with Crippen LogP contribution in [0.2, 0.25) is 0 Å². The molecule has 0 amide bonds. The highest BCUT2D eigenvalue weighted by molar-refractivity contribution is 5.69. The lowest BCUT2D eigenvalue weighted by Crippen LogP contribution is -2.15. The third-order valence-electron chi connectivity index (χ3n) is 3.79. The van der Waals surface area contributed by atoms with Gasteiger partial charge in [0.2, 0.25) is 0 Å². The fourth-order valence-corrected chi connectivity index (χ4v) is 3.01. The molecule has 0 radical (unpaired) electrons. The zero-order valence-electron chi connectivity index (χ0n) is 10.6. The van der Waals surface area contributed by atoms with Gasteiger partial charge in [-0.1, -0.05) is 27.2 Å². The van der Waals surface area contributed by atoms with E-state index in [1.54, 1.807) is 0 Å². The first-order valence-electron chi connectivity index (χ1n) is 6.17. The normalized spacial score (nSPS) is 17.4. The molecular weight excluding hydrogens is 196 g/mol. The van der Waals surface area contributed by atoms with Gasteiger partial charge in [0.15, 0.2) is 0 Å². The molecule has 2 nitrogen and oxygen atoms in total. The first-order chi connectivity index (χ1) is 7.47. The summed E-state index contributed by atoms with van der Waals surface area (Å²) in [6.07, 6.45) is 4.53. The largest absolute Gasteiger partial charge is 0.398 e. The Morgan fingerprint density at radius 2 is 1.94 bits per heavy atom. The molecule has 4 N–H and O–H groups in total. The molecule has 1 aromatic carbocycles. The third kappa shape index (κ3) is 1.57. The molecule has 0 heterocycles. The zero-order chi connectivity index (χ0) is 11.9. The van der Waals surface area contributed by atoms with Crippen molar-refractivity contribution in [1.29, 1.82) is 0 Å². The van der Waals surface area contributed by atoms with Crippen LogP contribution in [0.15, 0.2) is 6.07 Å². The van der Waals surface area contributed by atoms with Crippen LogP contribution in [0.1, 0.15) is 50.3 Å². The molecule has 16 heavy (non-hydrogen) atoms. The van der Waals surface area contributed by atoms with Gasteiger partial charge in [-0.15, -0.1) is 0 Å². The van der Waals surface area contributed by atoms with Gasteiger partial charge < -0.3 is 11.5 Å². The standard InChI is InChI=1S/C14H22N2/c1-4-5-9-10-6-7-14(2,3)13(10)12(16)8-11(9)15/h8H,4-7,15-16H2,1-3H3. The summed E-state index contributed by atoms with van der Waals surface area (Å²) in [4.78, 5) is 0. The zero-order valence-corrected chi connectivity index (χ0v) is 10.6. The predicted molar refractivity (Wildman–Crippen MR) is 70.6 cm³/mol. The van der Waals surface area contributed by atoms with Crippen molar-refractivity contribution in [3.8, 4) is 0 Å². The number of fused-ring (bicyclic) bond motifs is 1. The smallest absolute Gasteiger partial charge is 0.0375 e. The lowest BCUT2D eigenvalue weighted by atomic mass is 9.84. The van der Waals surface area contributed by atoms with E-state index in [4.69, 9.17) is 11.5 Å². The molecule has 88 valence electrons. The molecular formula is C14H22N2. The minimum absolute atomic E-state index is 0.218. The number of anilines is 2. The average Bonchev–Trinajstić information content (AvgIpc) is 2.49. The van der Waals surface area contributed by atoms with E-state index in [-0.39, 0.29) is 5.41 Å². The molecule has 0 fully saturated rings. The van der Waals surface area contributed by atoms with Gasteiger partial charge in [0.05, 0.1) is 0 Å². The molecule has 0 aliphatic heterocycles. The molecule has 1 aliphatic carbocycles. The van der Waals surface area contributed by atoms with Gasteiger partial charge in [-0.25, -0.2) is 0 Å². The molecule has 0 aromatic heterocycles. The van der Waals surface area contributed by atoms with Crippen LogP contribution in [0.4, 0.5) is 11.4 Å². The highest BCUT2D eigenvalue weighted by Gasteiger charge is 2.33. The maximum Gasteiger partial charge on any atom is 0.0375 e. The fourth-order valence-electron chi connectivity index (χ4n) is 3.01. The maximum absolute atomic E-state index is 6.13. The van der Waals surface area contributed by atoms with Crippen molar-refractivity contribution in [2.75, 3.05) is 11.5 Å². The van der Waals surface area contributed by atoms with Gasteiger partial charge in [-0.3, -0.25) is 0 Å². The lowest BCUT2D eigenvalue weighted by molar-refractivity contribution is 0.524. The van der Waals surface area contributed by atoms with Gasteiger partial charge in [-0.05, 0) is 47.4 Å². The maximum atomic E-state index is 6.13. The van der Waals surface area contributed by atoms with Crippen molar-refractivity contribution in [2.24, 2.45) is 0 Å². The van der Waals surface area contributed by atoms with E-state index < -0.39 is 0 Å². The van der Waals surface area contributed by atoms with E-state index in [0.717, 1.165) is 30.6 Å². The number of benzene rings is 1. The average molecular weight is 218 g/mol. The molecule has 2 rings (SSSR count). The Morgan fingerprint density at radius 3 is 2.56 bits per heavy atom. The molecule has 0 spiro atoms. The van der Waals surface area contributed by atoms with Crippen LogP contribution in [0.25, 0.3) is 0 Å². The second kappa shape index (κ2) is 3.69. The number of hydrogen-bond acceptors (Lipinski definition) is 2. The van der Waals surface area contributed by atoms with Gasteiger partial charge in [-0.2, -0.15) is 0 Å². The summed E-state index contributed by atoms with van der Waals surface area (Å²) >= 11 is 0. The Kier molecular flexibility index (Phi) is 2.61. The highest BCUT2D eigenvalue weighted by Crippen LogP contribution is 2.45. The van der Waals surface area contributed by atoms with Gasteiger partial charge >= 0.3 is 0 Å². The molecule has 0 bridgehead atoms. The monoisotopic (exact) mass is 218 g/mol. The Labute approximate surface area is 98.0 Å². The molecule has 0 saturated heterocycles. The molecule has 0 atom stereocenters. The summed E-state index contributed by atoms with van der Waals surface area (Å²) in [7, 11) is 0. The van der Waals surface area contributed by atoms with Gasteiger partial charge in [0.25, 0.3) is 0 Å². The summed E-state index contributed by atoms with van der Waals surface area (Å²) in [5, 5.41) is 0. The summed E-state index contributed by atoms with van der Waals surface area (Å²) in [5.41, 5.74) is 18.3. The minimum Gasteiger partial charge on any atom is -0.398 e. The number of nitrogen functional groups attached to an aromatic ring is 2. The quantitative estimate of drug-likeness (QED) is 0.750. The summed E-state index contributed by atoms with van der Waals surface area (Å²) in [5.74, 6) is 0. The number of rotatable bonds is 2. The predicted octanol–water partition coefficient (Wildman–Crippen LogP) is 3.03. The SMILES string of the molecule is CCCc1c(N)cc(N)c2c1CCC2(C)C. The number of nitrogens with two attached hydrogens (primary N) is 2. The van der Waals surface area contributed by atoms with E-state index >= 15 is 0 Å². The molecule has 1 aliphatic rings. The van der Waals surface area contributed by atoms with Crippen molar-refractivity contribution in [1.82, 2.24) is 0 Å². The third-order valence-corrected chi connectivity index (χ3v) is 3.79. The second-order valence-electron chi connectivity index (χ2n) is 5.52. The summed E-state index contributed by atoms with van der Waals surface area (Å²) in [6.45, 7) is 6.75. The van der Waals surface area contributed by atoms with Gasteiger partial charge in [0, 0.05) is 11.4 Å². The number of hydrogen-bond donors (Lipinski definition) is 2. The molecule has 2 heteroatoms. The van der Waals surface area contributed by atoms with Crippen LogP contribution < -0.4 is 11.5 Å². The van der Waals surface area contributed by atoms with Gasteiger partial charge in [0.1, 0.15) is 0 Å². The Bertz CT molecular complexity index is 419. The second-order valence-corrected chi connectivity index (χ2v) is 5.52. The Hall–Kier alpha value is -1.18. The van der Waals surface area contributed by atoms with Crippen molar-refractivity contribution in [3.63, 3.8) is 0 Å². The van der Waals surface area contributed by atoms with E-state index in [0.29, 0.717) is 0 Å². The van der Waals surface area contributed by atoms with E-state index in [1.807, 2.05) is 6.07 Å². The van der Waals surface area contributed by atoms with Crippen LogP contribution in [0.5, 0.6) is 0 Å². The Morgan fingerprint density at radius 1 is 1.25 bits per heavy atom. The van der Waals surface area contributed by atoms with Crippen molar-refractivity contribution in [2.45, 2.75) is 51.9 Å². The first-order valence-corrected chi connectivity index (χ1v) is 6.17. The van der Waals surface area contributed by atoms with Crippen LogP contribution >= 0.6 is 0 Å². The van der Waals surface area contributed by atoms with Crippen LogP contribution in [0, 0.1) is 0 Å². The molecule has 1 aromatic rings. The summed E-state index contributed by atoms with van der Waals surface area (Å²) < 4.78 is 0. The van der Waals surface area contributed by atoms with Crippen LogP contribution in [0.3, 0.4) is 0 Å². The fraction of sp³-hybridized carbons (Fsp3) is 0.571.